The quantitative estimate of drug-likeness (QED) is 0.310. The Morgan fingerprint density at radius 2 is 1.77 bits per heavy atom. The fourth-order valence-electron chi connectivity index (χ4n) is 3.25. The summed E-state index contributed by atoms with van der Waals surface area (Å²) >= 11 is 0. The van der Waals surface area contributed by atoms with Crippen LogP contribution in [0, 0.1) is 13.8 Å². The topological polar surface area (TPSA) is 72.7 Å². The van der Waals surface area contributed by atoms with E-state index in [2.05, 4.69) is 33.7 Å². The van der Waals surface area contributed by atoms with Crippen molar-refractivity contribution in [1.29, 1.82) is 0 Å². The molecule has 0 atom stereocenters. The normalized spacial score (nSPS) is 11.3. The number of nitrogens with zero attached hydrogens (tertiary/aromatic N) is 3. The summed E-state index contributed by atoms with van der Waals surface area (Å²) in [7, 11) is 3.41. The Morgan fingerprint density at radius 1 is 1.03 bits per heavy atom. The van der Waals surface area contributed by atoms with E-state index in [9.17, 15) is 0 Å². The van der Waals surface area contributed by atoms with Crippen molar-refractivity contribution < 1.29 is 9.47 Å². The first-order valence-corrected chi connectivity index (χ1v) is 10.4. The van der Waals surface area contributed by atoms with Crippen molar-refractivity contribution in [2.75, 3.05) is 20.7 Å². The van der Waals surface area contributed by atoms with Crippen molar-refractivity contribution in [2.45, 2.75) is 33.4 Å². The molecular weight excluding hydrogens is 390 g/mol. The molecular formula is C24H31N5O2. The lowest BCUT2D eigenvalue weighted by Crippen LogP contribution is -2.37. The van der Waals surface area contributed by atoms with Crippen molar-refractivity contribution in [2.24, 2.45) is 4.99 Å². The maximum atomic E-state index is 5.93. The molecule has 0 aliphatic carbocycles. The van der Waals surface area contributed by atoms with Crippen LogP contribution in [-0.2, 0) is 13.1 Å². The molecule has 31 heavy (non-hydrogen) atoms. The first kappa shape index (κ1) is 22.2. The van der Waals surface area contributed by atoms with Crippen molar-refractivity contribution >= 4 is 5.96 Å². The molecule has 0 unspecified atom stereocenters. The van der Waals surface area contributed by atoms with Gasteiger partial charge in [-0.3, -0.25) is 9.67 Å². The molecule has 0 saturated carbocycles. The third-order valence-corrected chi connectivity index (χ3v) is 4.85. The van der Waals surface area contributed by atoms with E-state index in [4.69, 9.17) is 9.47 Å². The first-order chi connectivity index (χ1) is 15.1. The highest BCUT2D eigenvalue weighted by Gasteiger charge is 2.05. The minimum absolute atomic E-state index is 0.673. The zero-order chi connectivity index (χ0) is 22.1. The van der Waals surface area contributed by atoms with Crippen LogP contribution in [0.25, 0.3) is 0 Å². The van der Waals surface area contributed by atoms with Crippen LogP contribution in [0.3, 0.4) is 0 Å². The summed E-state index contributed by atoms with van der Waals surface area (Å²) in [6, 6.07) is 17.7. The molecule has 7 nitrogen and oxygen atoms in total. The molecule has 1 heterocycles. The van der Waals surface area contributed by atoms with Crippen molar-refractivity contribution in [3.63, 3.8) is 0 Å². The molecule has 0 radical (unpaired) electrons. The van der Waals surface area contributed by atoms with Crippen LogP contribution in [0.2, 0.25) is 0 Å². The van der Waals surface area contributed by atoms with E-state index in [1.807, 2.05) is 60.1 Å². The molecule has 164 valence electrons. The van der Waals surface area contributed by atoms with E-state index in [1.54, 1.807) is 14.2 Å². The maximum absolute atomic E-state index is 5.93. The molecule has 0 aliphatic heterocycles. The van der Waals surface area contributed by atoms with Crippen LogP contribution in [-0.4, -0.2) is 36.4 Å². The van der Waals surface area contributed by atoms with Crippen molar-refractivity contribution in [3.8, 4) is 17.2 Å². The van der Waals surface area contributed by atoms with Gasteiger partial charge in [-0.1, -0.05) is 24.3 Å². The summed E-state index contributed by atoms with van der Waals surface area (Å²) in [6.45, 7) is 6.48. The zero-order valence-electron chi connectivity index (χ0n) is 18.7. The minimum Gasteiger partial charge on any atom is -0.493 e. The molecule has 1 aromatic heterocycles. The summed E-state index contributed by atoms with van der Waals surface area (Å²) in [5.74, 6) is 2.95. The number of methoxy groups -OCH3 is 1. The minimum atomic E-state index is 0.673. The molecule has 0 spiro atoms. The summed E-state index contributed by atoms with van der Waals surface area (Å²) < 4.78 is 13.3. The Balaban J connectivity index is 1.43. The van der Waals surface area contributed by atoms with Gasteiger partial charge < -0.3 is 20.1 Å². The lowest BCUT2D eigenvalue weighted by molar-refractivity contribution is 0.379. The second-order valence-corrected chi connectivity index (χ2v) is 7.25. The van der Waals surface area contributed by atoms with E-state index < -0.39 is 0 Å². The highest BCUT2D eigenvalue weighted by atomic mass is 16.5. The Morgan fingerprint density at radius 3 is 2.42 bits per heavy atom. The highest BCUT2D eigenvalue weighted by Crippen LogP contribution is 2.30. The van der Waals surface area contributed by atoms with Crippen LogP contribution < -0.4 is 20.1 Å². The molecule has 0 saturated heterocycles. The van der Waals surface area contributed by atoms with Crippen molar-refractivity contribution in [1.82, 2.24) is 20.4 Å². The number of rotatable bonds is 9. The number of guanidine groups is 1. The average Bonchev–Trinajstić information content (AvgIpc) is 3.11. The molecule has 3 rings (SSSR count). The van der Waals surface area contributed by atoms with Gasteiger partial charge in [-0.05, 0) is 56.2 Å². The van der Waals surface area contributed by atoms with Gasteiger partial charge in [0.25, 0.3) is 0 Å². The van der Waals surface area contributed by atoms with E-state index in [-0.39, 0.29) is 0 Å². The number of aliphatic imine (C=N–C) groups is 1. The van der Waals surface area contributed by atoms with Crippen molar-refractivity contribution in [3.05, 3.63) is 71.5 Å². The van der Waals surface area contributed by atoms with Crippen LogP contribution in [0.4, 0.5) is 0 Å². The SMILES string of the molecule is CN=C(NCCCn1nc(C)cc1C)NCc1ccc(Oc2ccccc2OC)cc1. The van der Waals surface area contributed by atoms with Crippen LogP contribution in [0.5, 0.6) is 17.2 Å². The van der Waals surface area contributed by atoms with Gasteiger partial charge in [0.1, 0.15) is 5.75 Å². The Kier molecular flexibility index (Phi) is 7.92. The van der Waals surface area contributed by atoms with Gasteiger partial charge in [-0.15, -0.1) is 0 Å². The maximum Gasteiger partial charge on any atom is 0.191 e. The van der Waals surface area contributed by atoms with Crippen LogP contribution in [0.15, 0.2) is 59.6 Å². The predicted octanol–water partition coefficient (Wildman–Crippen LogP) is 4.06. The second-order valence-electron chi connectivity index (χ2n) is 7.25. The molecule has 0 bridgehead atoms. The number of benzene rings is 2. The fourth-order valence-corrected chi connectivity index (χ4v) is 3.25. The molecule has 0 amide bonds. The first-order valence-electron chi connectivity index (χ1n) is 10.4. The zero-order valence-corrected chi connectivity index (χ0v) is 18.7. The number of para-hydroxylation sites is 2. The second kappa shape index (κ2) is 11.1. The molecule has 0 aliphatic rings. The smallest absolute Gasteiger partial charge is 0.191 e. The number of aryl methyl sites for hydroxylation is 3. The van der Waals surface area contributed by atoms with Gasteiger partial charge in [0.2, 0.25) is 0 Å². The van der Waals surface area contributed by atoms with E-state index in [0.717, 1.165) is 42.5 Å². The Bertz CT molecular complexity index is 995. The fraction of sp³-hybridized carbons (Fsp3) is 0.333. The number of hydrogen-bond donors (Lipinski definition) is 2. The Hall–Kier alpha value is -3.48. The largest absolute Gasteiger partial charge is 0.493 e. The number of nitrogens with one attached hydrogen (secondary N) is 2. The average molecular weight is 422 g/mol. The molecule has 2 aromatic carbocycles. The number of ether oxygens (including phenoxy) is 2. The lowest BCUT2D eigenvalue weighted by atomic mass is 10.2. The summed E-state index contributed by atoms with van der Waals surface area (Å²) in [5, 5.41) is 11.2. The molecule has 0 fully saturated rings. The van der Waals surface area contributed by atoms with Crippen LogP contribution in [0.1, 0.15) is 23.4 Å². The molecule has 7 heteroatoms. The number of aromatic nitrogens is 2. The molecule has 3 aromatic rings. The standard InChI is InChI=1S/C24H31N5O2/c1-18-16-19(2)29(28-18)15-7-14-26-24(25-3)27-17-20-10-12-21(13-11-20)31-23-9-6-5-8-22(23)30-4/h5-6,8-13,16H,7,14-15,17H2,1-4H3,(H2,25,26,27). The monoisotopic (exact) mass is 421 g/mol. The Labute approximate surface area is 184 Å². The lowest BCUT2D eigenvalue weighted by Gasteiger charge is -2.13. The van der Waals surface area contributed by atoms with Gasteiger partial charge in [-0.25, -0.2) is 0 Å². The third kappa shape index (κ3) is 6.50. The summed E-state index contributed by atoms with van der Waals surface area (Å²) in [4.78, 5) is 4.30. The van der Waals surface area contributed by atoms with Gasteiger partial charge in [0.05, 0.1) is 12.8 Å². The van der Waals surface area contributed by atoms with E-state index >= 15 is 0 Å². The van der Waals surface area contributed by atoms with Crippen LogP contribution >= 0.6 is 0 Å². The van der Waals surface area contributed by atoms with Gasteiger partial charge in [-0.2, -0.15) is 5.10 Å². The van der Waals surface area contributed by atoms with Gasteiger partial charge in [0, 0.05) is 32.4 Å². The summed E-state index contributed by atoms with van der Waals surface area (Å²) in [5.41, 5.74) is 3.39. The highest BCUT2D eigenvalue weighted by molar-refractivity contribution is 5.79. The van der Waals surface area contributed by atoms with Gasteiger partial charge >= 0.3 is 0 Å². The third-order valence-electron chi connectivity index (χ3n) is 4.85. The molecule has 2 N–H and O–H groups in total. The van der Waals surface area contributed by atoms with E-state index in [0.29, 0.717) is 18.0 Å². The summed E-state index contributed by atoms with van der Waals surface area (Å²) in [6.07, 6.45) is 0.970. The van der Waals surface area contributed by atoms with E-state index in [1.165, 1.54) is 5.69 Å². The predicted molar refractivity (Wildman–Crippen MR) is 124 cm³/mol. The number of hydrogen-bond acceptors (Lipinski definition) is 4. The van der Waals surface area contributed by atoms with Gasteiger partial charge in [0.15, 0.2) is 17.5 Å².